The normalized spacial score (nSPS) is 30.5. The van der Waals surface area contributed by atoms with Gasteiger partial charge in [0, 0.05) is 25.2 Å². The lowest BCUT2D eigenvalue weighted by molar-refractivity contribution is -0.120. The molecule has 3 fully saturated rings. The molecular formula is C15H28N4O. The summed E-state index contributed by atoms with van der Waals surface area (Å²) in [4.78, 5) is 16.6. The third kappa shape index (κ3) is 3.71. The average molecular weight is 280 g/mol. The van der Waals surface area contributed by atoms with Crippen molar-refractivity contribution in [2.45, 2.75) is 56.7 Å². The molecule has 1 saturated carbocycles. The van der Waals surface area contributed by atoms with Crippen LogP contribution in [0, 0.1) is 0 Å². The van der Waals surface area contributed by atoms with E-state index in [4.69, 9.17) is 5.73 Å². The van der Waals surface area contributed by atoms with Crippen LogP contribution in [0.25, 0.3) is 0 Å². The average Bonchev–Trinajstić information content (AvgIpc) is 3.15. The zero-order valence-electron chi connectivity index (χ0n) is 12.4. The molecule has 3 N–H and O–H groups in total. The van der Waals surface area contributed by atoms with Gasteiger partial charge in [-0.25, -0.2) is 0 Å². The Bertz CT molecular complexity index is 339. The van der Waals surface area contributed by atoms with Gasteiger partial charge < -0.3 is 11.1 Å². The summed E-state index contributed by atoms with van der Waals surface area (Å²) in [5.41, 5.74) is 5.53. The number of hydrogen-bond acceptors (Lipinski definition) is 4. The molecular weight excluding hydrogens is 252 g/mol. The molecule has 0 radical (unpaired) electrons. The monoisotopic (exact) mass is 280 g/mol. The molecule has 0 spiro atoms. The molecule has 5 heteroatoms. The molecule has 2 unspecified atom stereocenters. The Morgan fingerprint density at radius 1 is 1.15 bits per heavy atom. The van der Waals surface area contributed by atoms with Crippen LogP contribution < -0.4 is 11.1 Å². The zero-order valence-corrected chi connectivity index (χ0v) is 12.4. The highest BCUT2D eigenvalue weighted by molar-refractivity contribution is 5.80. The Hall–Kier alpha value is -0.650. The van der Waals surface area contributed by atoms with Gasteiger partial charge in [0.05, 0.1) is 6.04 Å². The van der Waals surface area contributed by atoms with Crippen LogP contribution in [0.5, 0.6) is 0 Å². The summed E-state index contributed by atoms with van der Waals surface area (Å²) < 4.78 is 0. The number of nitrogens with one attached hydrogen (secondary N) is 1. The Morgan fingerprint density at radius 3 is 2.55 bits per heavy atom. The van der Waals surface area contributed by atoms with E-state index in [1.807, 2.05) is 0 Å². The summed E-state index contributed by atoms with van der Waals surface area (Å²) in [6, 6.07) is 1.07. The first-order valence-corrected chi connectivity index (χ1v) is 8.24. The third-order valence-corrected chi connectivity index (χ3v) is 4.95. The first-order valence-electron chi connectivity index (χ1n) is 8.24. The molecule has 2 saturated heterocycles. The molecule has 0 aromatic carbocycles. The number of hydrogen-bond donors (Lipinski definition) is 2. The Balaban J connectivity index is 1.46. The second-order valence-corrected chi connectivity index (χ2v) is 6.69. The zero-order chi connectivity index (χ0) is 13.9. The molecule has 0 bridgehead atoms. The van der Waals surface area contributed by atoms with Gasteiger partial charge in [0.1, 0.15) is 0 Å². The van der Waals surface area contributed by atoms with Crippen LogP contribution in [0.15, 0.2) is 0 Å². The first-order chi connectivity index (χ1) is 9.72. The van der Waals surface area contributed by atoms with Gasteiger partial charge >= 0.3 is 0 Å². The van der Waals surface area contributed by atoms with Crippen molar-refractivity contribution in [1.29, 1.82) is 0 Å². The van der Waals surface area contributed by atoms with Gasteiger partial charge in [-0.2, -0.15) is 0 Å². The molecule has 2 atom stereocenters. The van der Waals surface area contributed by atoms with E-state index >= 15 is 0 Å². The van der Waals surface area contributed by atoms with Crippen molar-refractivity contribution in [3.63, 3.8) is 0 Å². The quantitative estimate of drug-likeness (QED) is 0.727. The molecule has 1 amide bonds. The molecule has 0 aromatic rings. The van der Waals surface area contributed by atoms with E-state index in [9.17, 15) is 4.79 Å². The number of piperidine rings is 1. The third-order valence-electron chi connectivity index (χ3n) is 4.95. The standard InChI is InChI=1S/C15H28N4O/c16-15(20)14(17-12-4-5-12)11-18-9-6-13(10-18)19-7-2-1-3-8-19/h12-14,17H,1-11H2,(H2,16,20). The van der Waals surface area contributed by atoms with Crippen LogP contribution in [0.3, 0.4) is 0 Å². The second kappa shape index (κ2) is 6.41. The molecule has 1 aliphatic carbocycles. The lowest BCUT2D eigenvalue weighted by atomic mass is 10.1. The van der Waals surface area contributed by atoms with E-state index in [0.29, 0.717) is 12.1 Å². The van der Waals surface area contributed by atoms with Crippen LogP contribution in [-0.2, 0) is 4.79 Å². The summed E-state index contributed by atoms with van der Waals surface area (Å²) in [5, 5.41) is 3.38. The summed E-state index contributed by atoms with van der Waals surface area (Å²) in [6.45, 7) is 5.53. The minimum atomic E-state index is -0.196. The van der Waals surface area contributed by atoms with Crippen molar-refractivity contribution in [2.75, 3.05) is 32.7 Å². The van der Waals surface area contributed by atoms with Crippen LogP contribution in [0.2, 0.25) is 0 Å². The van der Waals surface area contributed by atoms with Gasteiger partial charge in [-0.3, -0.25) is 14.6 Å². The number of primary amides is 1. The summed E-state index contributed by atoms with van der Waals surface area (Å²) in [5.74, 6) is -0.196. The van der Waals surface area contributed by atoms with Crippen molar-refractivity contribution in [3.05, 3.63) is 0 Å². The van der Waals surface area contributed by atoms with E-state index in [2.05, 4.69) is 15.1 Å². The van der Waals surface area contributed by atoms with Gasteiger partial charge in [0.2, 0.25) is 5.91 Å². The van der Waals surface area contributed by atoms with Crippen molar-refractivity contribution < 1.29 is 4.79 Å². The fourth-order valence-electron chi connectivity index (χ4n) is 3.58. The maximum absolute atomic E-state index is 11.6. The number of likely N-dealkylation sites (tertiary alicyclic amines) is 2. The SMILES string of the molecule is NC(=O)C(CN1CCC(N2CCCCC2)C1)NC1CC1. The van der Waals surface area contributed by atoms with E-state index in [-0.39, 0.29) is 11.9 Å². The van der Waals surface area contributed by atoms with Gasteiger partial charge in [-0.15, -0.1) is 0 Å². The fraction of sp³-hybridized carbons (Fsp3) is 0.933. The van der Waals surface area contributed by atoms with E-state index in [0.717, 1.165) is 19.6 Å². The van der Waals surface area contributed by atoms with Crippen LogP contribution >= 0.6 is 0 Å². The molecule has 5 nitrogen and oxygen atoms in total. The molecule has 2 heterocycles. The van der Waals surface area contributed by atoms with Crippen LogP contribution in [0.4, 0.5) is 0 Å². The predicted octanol–water partition coefficient (Wildman–Crippen LogP) is 0.153. The second-order valence-electron chi connectivity index (χ2n) is 6.69. The maximum Gasteiger partial charge on any atom is 0.235 e. The Morgan fingerprint density at radius 2 is 1.90 bits per heavy atom. The molecule has 0 aromatic heterocycles. The van der Waals surface area contributed by atoms with Crippen molar-refractivity contribution in [1.82, 2.24) is 15.1 Å². The van der Waals surface area contributed by atoms with Gasteiger partial charge in [0.15, 0.2) is 0 Å². The largest absolute Gasteiger partial charge is 0.368 e. The van der Waals surface area contributed by atoms with Crippen LogP contribution in [0.1, 0.15) is 38.5 Å². The fourth-order valence-corrected chi connectivity index (χ4v) is 3.58. The minimum absolute atomic E-state index is 0.164. The highest BCUT2D eigenvalue weighted by Gasteiger charge is 2.32. The predicted molar refractivity (Wildman–Crippen MR) is 79.4 cm³/mol. The molecule has 3 rings (SSSR count). The number of nitrogens with zero attached hydrogens (tertiary/aromatic N) is 2. The number of carbonyl (C=O) groups is 1. The summed E-state index contributed by atoms with van der Waals surface area (Å²) in [6.07, 6.45) is 7.73. The molecule has 114 valence electrons. The maximum atomic E-state index is 11.6. The molecule has 3 aliphatic rings. The van der Waals surface area contributed by atoms with Crippen LogP contribution in [-0.4, -0.2) is 66.6 Å². The lowest BCUT2D eigenvalue weighted by Crippen LogP contribution is -2.50. The number of carbonyl (C=O) groups excluding carboxylic acids is 1. The number of amides is 1. The molecule has 20 heavy (non-hydrogen) atoms. The van der Waals surface area contributed by atoms with Crippen molar-refractivity contribution in [2.24, 2.45) is 5.73 Å². The van der Waals surface area contributed by atoms with E-state index < -0.39 is 0 Å². The summed E-state index contributed by atoms with van der Waals surface area (Å²) >= 11 is 0. The number of rotatable bonds is 6. The molecule has 2 aliphatic heterocycles. The van der Waals surface area contributed by atoms with Gasteiger partial charge in [0.25, 0.3) is 0 Å². The van der Waals surface area contributed by atoms with Crippen molar-refractivity contribution >= 4 is 5.91 Å². The first kappa shape index (κ1) is 14.3. The smallest absolute Gasteiger partial charge is 0.235 e. The summed E-state index contributed by atoms with van der Waals surface area (Å²) in [7, 11) is 0. The minimum Gasteiger partial charge on any atom is -0.368 e. The Kier molecular flexibility index (Phi) is 4.58. The topological polar surface area (TPSA) is 61.6 Å². The Labute approximate surface area is 121 Å². The highest BCUT2D eigenvalue weighted by Crippen LogP contribution is 2.22. The van der Waals surface area contributed by atoms with Crippen molar-refractivity contribution in [3.8, 4) is 0 Å². The van der Waals surface area contributed by atoms with Gasteiger partial charge in [-0.05, 0) is 51.7 Å². The van der Waals surface area contributed by atoms with Gasteiger partial charge in [-0.1, -0.05) is 6.42 Å². The van der Waals surface area contributed by atoms with E-state index in [1.54, 1.807) is 0 Å². The van der Waals surface area contributed by atoms with E-state index in [1.165, 1.54) is 51.6 Å². The number of nitrogens with two attached hydrogens (primary N) is 1. The highest BCUT2D eigenvalue weighted by atomic mass is 16.1. The lowest BCUT2D eigenvalue weighted by Gasteiger charge is -2.32.